The van der Waals surface area contributed by atoms with Gasteiger partial charge in [-0.3, -0.25) is 5.10 Å². The lowest BCUT2D eigenvalue weighted by molar-refractivity contribution is 0.00403. The van der Waals surface area contributed by atoms with E-state index in [-0.39, 0.29) is 17.6 Å². The molecular weight excluding hydrogens is 402 g/mol. The van der Waals surface area contributed by atoms with Crippen molar-refractivity contribution < 1.29 is 13.5 Å². The number of aromatic amines is 1. The van der Waals surface area contributed by atoms with E-state index in [0.717, 1.165) is 23.7 Å². The van der Waals surface area contributed by atoms with Gasteiger partial charge in [0.15, 0.2) is 5.65 Å². The Morgan fingerprint density at radius 1 is 1.06 bits per heavy atom. The lowest BCUT2D eigenvalue weighted by atomic mass is 9.92. The van der Waals surface area contributed by atoms with Gasteiger partial charge < -0.3 is 4.74 Å². The molecule has 2 atom stereocenters. The van der Waals surface area contributed by atoms with E-state index < -0.39 is 11.6 Å². The largest absolute Gasteiger partial charge is 0.373 e. The van der Waals surface area contributed by atoms with E-state index in [4.69, 9.17) is 9.72 Å². The molecule has 0 aliphatic carbocycles. The van der Waals surface area contributed by atoms with Crippen LogP contribution in [0.25, 0.3) is 22.4 Å². The first-order valence-corrected chi connectivity index (χ1v) is 10.1. The number of nitrogens with one attached hydrogen (secondary N) is 1. The van der Waals surface area contributed by atoms with Crippen molar-refractivity contribution in [3.8, 4) is 11.3 Å². The van der Waals surface area contributed by atoms with Crippen LogP contribution in [0.1, 0.15) is 47.6 Å². The Bertz CT molecular complexity index is 1260. The lowest BCUT2D eigenvalue weighted by Gasteiger charge is -2.28. The molecule has 0 spiro atoms. The van der Waals surface area contributed by atoms with Gasteiger partial charge in [-0.05, 0) is 38.8 Å². The summed E-state index contributed by atoms with van der Waals surface area (Å²) < 4.78 is 34.1. The van der Waals surface area contributed by atoms with Crippen LogP contribution in [-0.4, -0.2) is 36.7 Å². The van der Waals surface area contributed by atoms with E-state index in [0.29, 0.717) is 41.4 Å². The first-order valence-electron chi connectivity index (χ1n) is 10.1. The van der Waals surface area contributed by atoms with Crippen LogP contribution in [0.3, 0.4) is 0 Å². The first kappa shape index (κ1) is 19.6. The number of nitrogens with zero attached hydrogens (tertiary/aromatic N) is 5. The predicted octanol–water partition coefficient (Wildman–Crippen LogP) is 4.34. The number of H-pyrrole nitrogens is 1. The monoisotopic (exact) mass is 422 g/mol. The zero-order valence-corrected chi connectivity index (χ0v) is 17.1. The minimum Gasteiger partial charge on any atom is -0.373 e. The Labute approximate surface area is 176 Å². The van der Waals surface area contributed by atoms with Gasteiger partial charge in [0.1, 0.15) is 28.7 Å². The standard InChI is InChI=1S/C22H20F2N6O/c1-11-12(2)28-22-20(27-11)19(16-4-3-15(23)8-17(16)24)29-21(30-22)13-5-6-31-18(7-13)14-9-25-26-10-14/h3-4,8-10,13,18H,5-7H2,1-2H3,(H,25,26)/t13-,18+/m0/s1. The van der Waals surface area contributed by atoms with Gasteiger partial charge in [-0.25, -0.2) is 28.7 Å². The molecule has 1 fully saturated rings. The third-order valence-corrected chi connectivity index (χ3v) is 5.69. The number of aromatic nitrogens is 6. The molecular formula is C22H20F2N6O. The van der Waals surface area contributed by atoms with Crippen molar-refractivity contribution in [3.05, 3.63) is 65.0 Å². The maximum atomic E-state index is 14.7. The molecule has 1 aliphatic heterocycles. The van der Waals surface area contributed by atoms with Gasteiger partial charge in [-0.15, -0.1) is 0 Å². The minimum atomic E-state index is -0.700. The van der Waals surface area contributed by atoms with Crippen LogP contribution in [0.4, 0.5) is 8.78 Å². The van der Waals surface area contributed by atoms with E-state index >= 15 is 0 Å². The number of halogens is 2. The molecule has 0 saturated carbocycles. The molecule has 9 heteroatoms. The third-order valence-electron chi connectivity index (χ3n) is 5.69. The van der Waals surface area contributed by atoms with Gasteiger partial charge in [0.25, 0.3) is 0 Å². The van der Waals surface area contributed by atoms with Crippen molar-refractivity contribution in [3.63, 3.8) is 0 Å². The summed E-state index contributed by atoms with van der Waals surface area (Å²) >= 11 is 0. The normalized spacial score (nSPS) is 19.1. The minimum absolute atomic E-state index is 0.0104. The summed E-state index contributed by atoms with van der Waals surface area (Å²) in [5, 5.41) is 6.80. The topological polar surface area (TPSA) is 89.5 Å². The van der Waals surface area contributed by atoms with Gasteiger partial charge in [0.2, 0.25) is 0 Å². The summed E-state index contributed by atoms with van der Waals surface area (Å²) in [5.74, 6) is -0.802. The number of aryl methyl sites for hydroxylation is 2. The molecule has 0 radical (unpaired) electrons. The van der Waals surface area contributed by atoms with Crippen LogP contribution >= 0.6 is 0 Å². The van der Waals surface area contributed by atoms with E-state index in [2.05, 4.69) is 25.1 Å². The summed E-state index contributed by atoms with van der Waals surface area (Å²) in [4.78, 5) is 18.6. The fourth-order valence-electron chi connectivity index (χ4n) is 3.88. The average Bonchev–Trinajstić information content (AvgIpc) is 3.29. The SMILES string of the molecule is Cc1nc2nc([C@H]3CCO[C@@H](c4cn[nH]c4)C3)nc(-c3ccc(F)cc3F)c2nc1C. The second kappa shape index (κ2) is 7.73. The molecule has 1 saturated heterocycles. The van der Waals surface area contributed by atoms with Crippen molar-refractivity contribution in [2.45, 2.75) is 38.7 Å². The summed E-state index contributed by atoms with van der Waals surface area (Å²) in [7, 11) is 0. The first-order chi connectivity index (χ1) is 15.0. The highest BCUT2D eigenvalue weighted by Gasteiger charge is 2.29. The highest BCUT2D eigenvalue weighted by molar-refractivity contribution is 5.87. The van der Waals surface area contributed by atoms with Crippen LogP contribution in [0.15, 0.2) is 30.6 Å². The molecule has 0 unspecified atom stereocenters. The second-order valence-corrected chi connectivity index (χ2v) is 7.73. The van der Waals surface area contributed by atoms with Gasteiger partial charge in [0.05, 0.1) is 23.7 Å². The van der Waals surface area contributed by atoms with E-state index in [1.807, 2.05) is 20.0 Å². The van der Waals surface area contributed by atoms with Crippen molar-refractivity contribution >= 4 is 11.2 Å². The quantitative estimate of drug-likeness (QED) is 0.528. The smallest absolute Gasteiger partial charge is 0.182 e. The number of ether oxygens (including phenoxy) is 1. The summed E-state index contributed by atoms with van der Waals surface area (Å²) in [6.07, 6.45) is 4.81. The zero-order valence-electron chi connectivity index (χ0n) is 17.1. The molecule has 0 amide bonds. The van der Waals surface area contributed by atoms with E-state index in [1.165, 1.54) is 12.1 Å². The fourth-order valence-corrected chi connectivity index (χ4v) is 3.88. The van der Waals surface area contributed by atoms with E-state index in [1.54, 1.807) is 6.20 Å². The fraction of sp³-hybridized carbons (Fsp3) is 0.318. The highest BCUT2D eigenvalue weighted by atomic mass is 19.1. The molecule has 5 rings (SSSR count). The second-order valence-electron chi connectivity index (χ2n) is 7.73. The number of fused-ring (bicyclic) bond motifs is 1. The van der Waals surface area contributed by atoms with Crippen LogP contribution in [0.2, 0.25) is 0 Å². The molecule has 7 nitrogen and oxygen atoms in total. The van der Waals surface area contributed by atoms with Crippen molar-refractivity contribution in [2.24, 2.45) is 0 Å². The lowest BCUT2D eigenvalue weighted by Crippen LogP contribution is -2.20. The Balaban J connectivity index is 1.64. The molecule has 1 N–H and O–H groups in total. The summed E-state index contributed by atoms with van der Waals surface area (Å²) in [6.45, 7) is 4.22. The average molecular weight is 422 g/mol. The van der Waals surface area contributed by atoms with Gasteiger partial charge in [0, 0.05) is 35.9 Å². The third kappa shape index (κ3) is 3.65. The number of hydrogen-bond donors (Lipinski definition) is 1. The van der Waals surface area contributed by atoms with Crippen molar-refractivity contribution in [1.29, 1.82) is 0 Å². The van der Waals surface area contributed by atoms with Crippen LogP contribution in [0.5, 0.6) is 0 Å². The Hall–Kier alpha value is -3.33. The zero-order chi connectivity index (χ0) is 21.5. The van der Waals surface area contributed by atoms with E-state index in [9.17, 15) is 8.78 Å². The van der Waals surface area contributed by atoms with Crippen LogP contribution in [-0.2, 0) is 4.74 Å². The van der Waals surface area contributed by atoms with Crippen molar-refractivity contribution in [1.82, 2.24) is 30.1 Å². The summed E-state index contributed by atoms with van der Waals surface area (Å²) in [5.41, 5.74) is 3.70. The Morgan fingerprint density at radius 2 is 1.90 bits per heavy atom. The molecule has 4 aromatic rings. The Kier molecular flexibility index (Phi) is 4.90. The number of benzene rings is 1. The molecule has 3 aromatic heterocycles. The molecule has 0 bridgehead atoms. The van der Waals surface area contributed by atoms with Gasteiger partial charge >= 0.3 is 0 Å². The Morgan fingerprint density at radius 3 is 2.68 bits per heavy atom. The molecule has 1 aliphatic rings. The van der Waals surface area contributed by atoms with Gasteiger partial charge in [-0.1, -0.05) is 0 Å². The molecule has 4 heterocycles. The summed E-state index contributed by atoms with van der Waals surface area (Å²) in [6, 6.07) is 3.44. The molecule has 31 heavy (non-hydrogen) atoms. The number of hydrogen-bond acceptors (Lipinski definition) is 6. The number of rotatable bonds is 3. The van der Waals surface area contributed by atoms with Crippen LogP contribution < -0.4 is 0 Å². The maximum Gasteiger partial charge on any atom is 0.182 e. The molecule has 158 valence electrons. The highest BCUT2D eigenvalue weighted by Crippen LogP contribution is 2.37. The maximum absolute atomic E-state index is 14.7. The molecule has 1 aromatic carbocycles. The van der Waals surface area contributed by atoms with Gasteiger partial charge in [-0.2, -0.15) is 5.10 Å². The van der Waals surface area contributed by atoms with Crippen molar-refractivity contribution in [2.75, 3.05) is 6.61 Å². The van der Waals surface area contributed by atoms with Crippen LogP contribution in [0, 0.1) is 25.5 Å². The predicted molar refractivity (Wildman–Crippen MR) is 109 cm³/mol.